The van der Waals surface area contributed by atoms with E-state index in [0.717, 1.165) is 41.7 Å². The van der Waals surface area contributed by atoms with Gasteiger partial charge in [-0.15, -0.1) is 0 Å². The van der Waals surface area contributed by atoms with Gasteiger partial charge in [-0.1, -0.05) is 35.9 Å². The summed E-state index contributed by atoms with van der Waals surface area (Å²) in [5.74, 6) is 0. The average Bonchev–Trinajstić information content (AvgIpc) is 3.14. The zero-order valence-electron chi connectivity index (χ0n) is 17.6. The van der Waals surface area contributed by atoms with Crippen molar-refractivity contribution >= 4 is 28.6 Å². The number of rotatable bonds is 3. The lowest BCUT2D eigenvalue weighted by molar-refractivity contribution is 0.0139. The van der Waals surface area contributed by atoms with E-state index in [0.29, 0.717) is 18.1 Å². The van der Waals surface area contributed by atoms with Gasteiger partial charge in [-0.2, -0.15) is 5.10 Å². The number of hydrogen-bond acceptors (Lipinski definition) is 4. The summed E-state index contributed by atoms with van der Waals surface area (Å²) in [7, 11) is 0. The summed E-state index contributed by atoms with van der Waals surface area (Å²) in [6.45, 7) is 9.59. The van der Waals surface area contributed by atoms with Crippen LogP contribution < -0.4 is 0 Å². The maximum absolute atomic E-state index is 12.2. The molecule has 0 spiro atoms. The maximum atomic E-state index is 12.2. The highest BCUT2D eigenvalue weighted by atomic mass is 35.5. The first-order valence-corrected chi connectivity index (χ1v) is 10.6. The molecule has 2 heterocycles. The first-order chi connectivity index (χ1) is 14.3. The molecular formula is C23H27ClN4O2. The number of H-pyrrole nitrogens is 1. The fraction of sp³-hybridized carbons (Fsp3) is 0.391. The number of halogens is 1. The van der Waals surface area contributed by atoms with E-state index < -0.39 is 5.60 Å². The molecule has 4 rings (SSSR count). The summed E-state index contributed by atoms with van der Waals surface area (Å²) in [6, 6.07) is 12.5. The first-order valence-electron chi connectivity index (χ1n) is 10.2. The molecule has 7 heteroatoms. The summed E-state index contributed by atoms with van der Waals surface area (Å²) in [4.78, 5) is 16.4. The van der Waals surface area contributed by atoms with Gasteiger partial charge in [-0.05, 0) is 44.0 Å². The number of ether oxygens (including phenoxy) is 1. The van der Waals surface area contributed by atoms with Gasteiger partial charge in [0.25, 0.3) is 0 Å². The molecule has 1 saturated heterocycles. The fourth-order valence-electron chi connectivity index (χ4n) is 3.65. The largest absolute Gasteiger partial charge is 0.444 e. The molecule has 0 atom stereocenters. The van der Waals surface area contributed by atoms with Crippen molar-refractivity contribution in [1.82, 2.24) is 20.0 Å². The minimum absolute atomic E-state index is 0.224. The van der Waals surface area contributed by atoms with Crippen LogP contribution in [0.3, 0.4) is 0 Å². The van der Waals surface area contributed by atoms with Crippen LogP contribution in [0.15, 0.2) is 42.6 Å². The van der Waals surface area contributed by atoms with E-state index in [1.54, 1.807) is 11.1 Å². The molecule has 158 valence electrons. The molecule has 6 nitrogen and oxygen atoms in total. The van der Waals surface area contributed by atoms with Crippen LogP contribution in [0.2, 0.25) is 5.02 Å². The van der Waals surface area contributed by atoms with E-state index in [1.165, 1.54) is 5.56 Å². The Morgan fingerprint density at radius 1 is 1.13 bits per heavy atom. The van der Waals surface area contributed by atoms with E-state index in [1.807, 2.05) is 26.8 Å². The monoisotopic (exact) mass is 426 g/mol. The Labute approximate surface area is 181 Å². The second-order valence-electron chi connectivity index (χ2n) is 8.73. The third-order valence-electron chi connectivity index (χ3n) is 5.22. The minimum Gasteiger partial charge on any atom is -0.444 e. The second kappa shape index (κ2) is 8.28. The van der Waals surface area contributed by atoms with Crippen molar-refractivity contribution in [2.45, 2.75) is 32.9 Å². The number of carbonyl (C=O) groups is 1. The van der Waals surface area contributed by atoms with Gasteiger partial charge in [0.05, 0.1) is 16.7 Å². The highest BCUT2D eigenvalue weighted by Crippen LogP contribution is 2.31. The van der Waals surface area contributed by atoms with Gasteiger partial charge in [0.2, 0.25) is 0 Å². The van der Waals surface area contributed by atoms with Gasteiger partial charge >= 0.3 is 6.09 Å². The Morgan fingerprint density at radius 2 is 1.83 bits per heavy atom. The minimum atomic E-state index is -0.457. The number of amides is 1. The number of hydrogen-bond donors (Lipinski definition) is 1. The Hall–Kier alpha value is -2.57. The van der Waals surface area contributed by atoms with Crippen molar-refractivity contribution in [3.8, 4) is 11.1 Å². The van der Waals surface area contributed by atoms with Crippen molar-refractivity contribution in [1.29, 1.82) is 0 Å². The maximum Gasteiger partial charge on any atom is 0.410 e. The van der Waals surface area contributed by atoms with Gasteiger partial charge < -0.3 is 9.64 Å². The summed E-state index contributed by atoms with van der Waals surface area (Å²) in [6.07, 6.45) is 1.58. The molecule has 1 amide bonds. The van der Waals surface area contributed by atoms with Crippen LogP contribution in [0.5, 0.6) is 0 Å². The Morgan fingerprint density at radius 3 is 2.50 bits per heavy atom. The predicted octanol–water partition coefficient (Wildman–Crippen LogP) is 4.94. The van der Waals surface area contributed by atoms with Crippen molar-refractivity contribution in [2.75, 3.05) is 26.2 Å². The molecule has 1 aromatic heterocycles. The van der Waals surface area contributed by atoms with Crippen molar-refractivity contribution in [2.24, 2.45) is 0 Å². The zero-order chi connectivity index (χ0) is 21.3. The number of benzene rings is 2. The van der Waals surface area contributed by atoms with Crippen molar-refractivity contribution < 1.29 is 9.53 Å². The molecule has 0 aliphatic carbocycles. The molecule has 0 unspecified atom stereocenters. The number of aromatic amines is 1. The van der Waals surface area contributed by atoms with Crippen LogP contribution in [0.4, 0.5) is 4.79 Å². The topological polar surface area (TPSA) is 61.5 Å². The highest BCUT2D eigenvalue weighted by molar-refractivity contribution is 6.34. The third kappa shape index (κ3) is 4.77. The number of nitrogens with zero attached hydrogens (tertiary/aromatic N) is 3. The number of fused-ring (bicyclic) bond motifs is 1. The number of aromatic nitrogens is 2. The number of piperazine rings is 1. The van der Waals surface area contributed by atoms with Crippen LogP contribution in [0, 0.1) is 0 Å². The van der Waals surface area contributed by atoms with E-state index in [2.05, 4.69) is 45.4 Å². The van der Waals surface area contributed by atoms with E-state index in [9.17, 15) is 4.79 Å². The first kappa shape index (κ1) is 20.7. The number of carbonyl (C=O) groups excluding carboxylic acids is 1. The zero-order valence-corrected chi connectivity index (χ0v) is 18.4. The molecule has 1 aliphatic rings. The molecule has 2 aromatic carbocycles. The average molecular weight is 427 g/mol. The van der Waals surface area contributed by atoms with E-state index in [4.69, 9.17) is 16.3 Å². The fourth-order valence-corrected chi connectivity index (χ4v) is 3.92. The van der Waals surface area contributed by atoms with Crippen molar-refractivity contribution in [3.63, 3.8) is 0 Å². The molecule has 0 saturated carbocycles. The quantitative estimate of drug-likeness (QED) is 0.644. The smallest absolute Gasteiger partial charge is 0.410 e. The lowest BCUT2D eigenvalue weighted by Gasteiger charge is -2.35. The standard InChI is InChI=1S/C23H27ClN4O2/c1-23(2,3)30-22(29)28-10-8-27(9-11-28)15-16-4-6-17(7-5-16)19-12-18-14-25-26-21(18)13-20(19)24/h4-7,12-14H,8-11,15H2,1-3H3,(H,25,26). The third-order valence-corrected chi connectivity index (χ3v) is 5.54. The summed E-state index contributed by atoms with van der Waals surface area (Å²) in [5.41, 5.74) is 3.81. The predicted molar refractivity (Wildman–Crippen MR) is 120 cm³/mol. The number of nitrogens with one attached hydrogen (secondary N) is 1. The molecular weight excluding hydrogens is 400 g/mol. The lowest BCUT2D eigenvalue weighted by Crippen LogP contribution is -2.49. The second-order valence-corrected chi connectivity index (χ2v) is 9.14. The van der Waals surface area contributed by atoms with Crippen LogP contribution >= 0.6 is 11.6 Å². The molecule has 1 aliphatic heterocycles. The lowest BCUT2D eigenvalue weighted by atomic mass is 10.0. The van der Waals surface area contributed by atoms with E-state index in [-0.39, 0.29) is 6.09 Å². The van der Waals surface area contributed by atoms with Crippen LogP contribution in [-0.2, 0) is 11.3 Å². The normalized spacial score (nSPS) is 15.5. The van der Waals surface area contributed by atoms with Gasteiger partial charge in [-0.25, -0.2) is 4.79 Å². The summed E-state index contributed by atoms with van der Waals surface area (Å²) < 4.78 is 5.47. The summed E-state index contributed by atoms with van der Waals surface area (Å²) in [5, 5.41) is 8.76. The van der Waals surface area contributed by atoms with Crippen LogP contribution in [0.25, 0.3) is 22.0 Å². The van der Waals surface area contributed by atoms with Gasteiger partial charge in [0, 0.05) is 43.7 Å². The van der Waals surface area contributed by atoms with E-state index >= 15 is 0 Å². The van der Waals surface area contributed by atoms with Crippen LogP contribution in [-0.4, -0.2) is 57.9 Å². The van der Waals surface area contributed by atoms with Crippen LogP contribution in [0.1, 0.15) is 26.3 Å². The Kier molecular flexibility index (Phi) is 5.71. The molecule has 1 N–H and O–H groups in total. The molecule has 3 aromatic rings. The molecule has 0 bridgehead atoms. The Balaban J connectivity index is 1.36. The van der Waals surface area contributed by atoms with Crippen molar-refractivity contribution in [3.05, 3.63) is 53.2 Å². The molecule has 1 fully saturated rings. The summed E-state index contributed by atoms with van der Waals surface area (Å²) >= 11 is 6.47. The van der Waals surface area contributed by atoms with Gasteiger partial charge in [-0.3, -0.25) is 10.00 Å². The Bertz CT molecular complexity index is 1030. The highest BCUT2D eigenvalue weighted by Gasteiger charge is 2.25. The molecule has 30 heavy (non-hydrogen) atoms. The van der Waals surface area contributed by atoms with Gasteiger partial charge in [0.15, 0.2) is 0 Å². The molecule has 0 radical (unpaired) electrons. The van der Waals surface area contributed by atoms with Gasteiger partial charge in [0.1, 0.15) is 5.60 Å². The SMILES string of the molecule is CC(C)(C)OC(=O)N1CCN(Cc2ccc(-c3cc4cn[nH]c4cc3Cl)cc2)CC1.